The van der Waals surface area contributed by atoms with Gasteiger partial charge in [-0.3, -0.25) is 14.0 Å². The molecule has 0 atom stereocenters. The predicted molar refractivity (Wildman–Crippen MR) is 129 cm³/mol. The van der Waals surface area contributed by atoms with Crippen LogP contribution in [0.1, 0.15) is 40.7 Å². The minimum Gasteiger partial charge on any atom is -0.349 e. The molecule has 32 heavy (non-hydrogen) atoms. The monoisotopic (exact) mass is 495 g/mol. The summed E-state index contributed by atoms with van der Waals surface area (Å²) in [5, 5.41) is 4.42. The minimum absolute atomic E-state index is 0.111. The Morgan fingerprint density at radius 1 is 1.06 bits per heavy atom. The van der Waals surface area contributed by atoms with Gasteiger partial charge in [0.15, 0.2) is 0 Å². The average Bonchev–Trinajstić information content (AvgIpc) is 3.07. The highest BCUT2D eigenvalue weighted by Gasteiger charge is 2.29. The summed E-state index contributed by atoms with van der Waals surface area (Å²) in [6.07, 6.45) is 2.36. The van der Waals surface area contributed by atoms with Crippen LogP contribution in [0.4, 0.5) is 5.69 Å². The number of piperidine rings is 1. The van der Waals surface area contributed by atoms with Gasteiger partial charge in [-0.1, -0.05) is 23.2 Å². The third kappa shape index (κ3) is 5.39. The lowest BCUT2D eigenvalue weighted by molar-refractivity contribution is 0.0908. The second-order valence-electron chi connectivity index (χ2n) is 8.54. The smallest absolute Gasteiger partial charge is 0.251 e. The number of benzene rings is 2. The lowest BCUT2D eigenvalue weighted by Gasteiger charge is -2.32. The number of aryl methyl sites for hydroxylation is 1. The van der Waals surface area contributed by atoms with Crippen molar-refractivity contribution in [2.75, 3.05) is 29.7 Å². The molecule has 1 amide bonds. The zero-order chi connectivity index (χ0) is 22.9. The molecule has 2 saturated heterocycles. The van der Waals surface area contributed by atoms with Gasteiger partial charge in [-0.25, -0.2) is 8.42 Å². The SMILES string of the molecule is Cc1cc(N2CCCS2(=O)=O)ccc1C(=O)NC1CCN(Cc2cc(Cl)cc(Cl)c2)CC1. The molecule has 1 N–H and O–H groups in total. The lowest BCUT2D eigenvalue weighted by Crippen LogP contribution is -2.44. The molecule has 0 bridgehead atoms. The van der Waals surface area contributed by atoms with Crippen molar-refractivity contribution in [3.8, 4) is 0 Å². The number of carbonyl (C=O) groups excluding carboxylic acids is 1. The summed E-state index contributed by atoms with van der Waals surface area (Å²) >= 11 is 12.2. The molecule has 2 aliphatic rings. The Bertz CT molecular complexity index is 1100. The second-order valence-corrected chi connectivity index (χ2v) is 11.4. The summed E-state index contributed by atoms with van der Waals surface area (Å²) in [4.78, 5) is 15.2. The van der Waals surface area contributed by atoms with Gasteiger partial charge in [-0.2, -0.15) is 0 Å². The van der Waals surface area contributed by atoms with Gasteiger partial charge in [0, 0.05) is 47.8 Å². The quantitative estimate of drug-likeness (QED) is 0.673. The van der Waals surface area contributed by atoms with Crippen molar-refractivity contribution < 1.29 is 13.2 Å². The largest absolute Gasteiger partial charge is 0.349 e. The number of hydrogen-bond acceptors (Lipinski definition) is 4. The summed E-state index contributed by atoms with van der Waals surface area (Å²) in [6, 6.07) is 10.9. The number of rotatable bonds is 5. The van der Waals surface area contributed by atoms with Crippen LogP contribution >= 0.6 is 23.2 Å². The summed E-state index contributed by atoms with van der Waals surface area (Å²) in [5.74, 6) is 0.0653. The first-order valence-corrected chi connectivity index (χ1v) is 13.2. The number of hydrogen-bond donors (Lipinski definition) is 1. The molecule has 0 aliphatic carbocycles. The van der Waals surface area contributed by atoms with Crippen LogP contribution in [0.5, 0.6) is 0 Å². The van der Waals surface area contributed by atoms with Gasteiger partial charge in [0.1, 0.15) is 0 Å². The molecule has 9 heteroatoms. The van der Waals surface area contributed by atoms with Gasteiger partial charge in [-0.15, -0.1) is 0 Å². The molecule has 4 rings (SSSR count). The van der Waals surface area contributed by atoms with Gasteiger partial charge >= 0.3 is 0 Å². The van der Waals surface area contributed by atoms with E-state index in [2.05, 4.69) is 10.2 Å². The molecule has 0 saturated carbocycles. The number of sulfonamides is 1. The zero-order valence-corrected chi connectivity index (χ0v) is 20.3. The van der Waals surface area contributed by atoms with Crippen LogP contribution in [0.3, 0.4) is 0 Å². The van der Waals surface area contributed by atoms with Gasteiger partial charge in [0.25, 0.3) is 5.91 Å². The van der Waals surface area contributed by atoms with Crippen LogP contribution in [0.25, 0.3) is 0 Å². The number of likely N-dealkylation sites (tertiary alicyclic amines) is 1. The maximum atomic E-state index is 12.9. The Labute approximate surface area is 199 Å². The van der Waals surface area contributed by atoms with Crippen LogP contribution < -0.4 is 9.62 Å². The molecule has 6 nitrogen and oxygen atoms in total. The van der Waals surface area contributed by atoms with Crippen LogP contribution in [-0.4, -0.2) is 50.7 Å². The zero-order valence-electron chi connectivity index (χ0n) is 18.0. The number of anilines is 1. The number of carbonyl (C=O) groups is 1. The molecule has 0 aromatic heterocycles. The van der Waals surface area contributed by atoms with Crippen LogP contribution in [0, 0.1) is 6.92 Å². The molecule has 0 spiro atoms. The van der Waals surface area contributed by atoms with Gasteiger partial charge in [0.05, 0.1) is 11.4 Å². The van der Waals surface area contributed by atoms with E-state index in [0.717, 1.165) is 43.6 Å². The first-order valence-electron chi connectivity index (χ1n) is 10.8. The van der Waals surface area contributed by atoms with Crippen LogP contribution in [-0.2, 0) is 16.6 Å². The number of nitrogens with zero attached hydrogens (tertiary/aromatic N) is 2. The molecule has 2 heterocycles. The lowest BCUT2D eigenvalue weighted by atomic mass is 10.0. The number of amides is 1. The van der Waals surface area contributed by atoms with E-state index in [1.54, 1.807) is 24.3 Å². The van der Waals surface area contributed by atoms with E-state index in [1.807, 2.05) is 19.1 Å². The number of halogens is 2. The Morgan fingerprint density at radius 2 is 1.75 bits per heavy atom. The van der Waals surface area contributed by atoms with Crippen molar-refractivity contribution in [1.29, 1.82) is 0 Å². The molecular formula is C23H27Cl2N3O3S. The molecule has 0 unspecified atom stereocenters. The van der Waals surface area contributed by atoms with Crippen molar-refractivity contribution in [2.24, 2.45) is 0 Å². The molecule has 2 fully saturated rings. The fourth-order valence-corrected chi connectivity index (χ4v) is 6.57. The highest BCUT2D eigenvalue weighted by atomic mass is 35.5. The molecule has 0 radical (unpaired) electrons. The van der Waals surface area contributed by atoms with E-state index in [4.69, 9.17) is 23.2 Å². The normalized spacial score (nSPS) is 19.3. The maximum absolute atomic E-state index is 12.9. The topological polar surface area (TPSA) is 69.7 Å². The van der Waals surface area contributed by atoms with Crippen molar-refractivity contribution in [3.05, 3.63) is 63.1 Å². The summed E-state index contributed by atoms with van der Waals surface area (Å²) in [5.41, 5.74) is 3.07. The Kier molecular flexibility index (Phi) is 7.00. The van der Waals surface area contributed by atoms with Gasteiger partial charge < -0.3 is 5.32 Å². The standard InChI is InChI=1S/C23H27Cl2N3O3S/c1-16-11-21(28-7-2-10-32(28,30)31)3-4-22(16)23(29)26-20-5-8-27(9-6-20)15-17-12-18(24)14-19(25)13-17/h3-4,11-14,20H,2,5-10,15H2,1H3,(H,26,29). The third-order valence-electron chi connectivity index (χ3n) is 6.09. The van der Waals surface area contributed by atoms with Gasteiger partial charge in [-0.05, 0) is 73.7 Å². The Balaban J connectivity index is 1.33. The van der Waals surface area contributed by atoms with E-state index in [1.165, 1.54) is 4.31 Å². The summed E-state index contributed by atoms with van der Waals surface area (Å²) in [6.45, 7) is 4.87. The van der Waals surface area contributed by atoms with Crippen molar-refractivity contribution in [3.63, 3.8) is 0 Å². The van der Waals surface area contributed by atoms with E-state index in [0.29, 0.717) is 34.3 Å². The molecule has 172 valence electrons. The summed E-state index contributed by atoms with van der Waals surface area (Å²) in [7, 11) is -3.23. The van der Waals surface area contributed by atoms with E-state index < -0.39 is 10.0 Å². The fraction of sp³-hybridized carbons (Fsp3) is 0.435. The first-order chi connectivity index (χ1) is 15.2. The van der Waals surface area contributed by atoms with Crippen LogP contribution in [0.15, 0.2) is 36.4 Å². The van der Waals surface area contributed by atoms with E-state index >= 15 is 0 Å². The average molecular weight is 496 g/mol. The third-order valence-corrected chi connectivity index (χ3v) is 8.40. The molecule has 2 aromatic carbocycles. The molecule has 2 aliphatic heterocycles. The van der Waals surface area contributed by atoms with Crippen molar-refractivity contribution in [1.82, 2.24) is 10.2 Å². The van der Waals surface area contributed by atoms with Gasteiger partial charge in [0.2, 0.25) is 10.0 Å². The predicted octanol–water partition coefficient (Wildman–Crippen LogP) is 4.24. The minimum atomic E-state index is -3.23. The highest BCUT2D eigenvalue weighted by molar-refractivity contribution is 7.93. The fourth-order valence-electron chi connectivity index (χ4n) is 4.45. The van der Waals surface area contributed by atoms with E-state index in [-0.39, 0.29) is 17.7 Å². The maximum Gasteiger partial charge on any atom is 0.251 e. The Hall–Kier alpha value is -1.80. The highest BCUT2D eigenvalue weighted by Crippen LogP contribution is 2.26. The van der Waals surface area contributed by atoms with Crippen molar-refractivity contribution >= 4 is 44.8 Å². The van der Waals surface area contributed by atoms with Crippen molar-refractivity contribution in [2.45, 2.75) is 38.8 Å². The summed E-state index contributed by atoms with van der Waals surface area (Å²) < 4.78 is 25.8. The number of nitrogens with one attached hydrogen (secondary N) is 1. The molecular weight excluding hydrogens is 469 g/mol. The molecule has 2 aromatic rings. The second kappa shape index (κ2) is 9.59. The first kappa shape index (κ1) is 23.4. The van der Waals surface area contributed by atoms with E-state index in [9.17, 15) is 13.2 Å². The van der Waals surface area contributed by atoms with Crippen LogP contribution in [0.2, 0.25) is 10.0 Å². The Morgan fingerprint density at radius 3 is 2.34 bits per heavy atom.